The maximum atomic E-state index is 14.1. The maximum Gasteiger partial charge on any atom is 0.250 e. The molecule has 2 aromatic heterocycles. The van der Waals surface area contributed by atoms with Crippen molar-refractivity contribution in [2.24, 2.45) is 11.8 Å². The number of rotatable bonds is 15. The van der Waals surface area contributed by atoms with Crippen molar-refractivity contribution in [2.45, 2.75) is 82.5 Å². The summed E-state index contributed by atoms with van der Waals surface area (Å²) >= 11 is 3.20. The normalized spacial score (nSPS) is 20.0. The number of hydrogen-bond donors (Lipinski definition) is 2. The Kier molecular flexibility index (Phi) is 12.6. The van der Waals surface area contributed by atoms with E-state index in [1.165, 1.54) is 0 Å². The molecule has 10 nitrogen and oxygen atoms in total. The average Bonchev–Trinajstić information content (AvgIpc) is 4.08. The lowest BCUT2D eigenvalue weighted by atomic mass is 10.0. The van der Waals surface area contributed by atoms with Gasteiger partial charge in [0, 0.05) is 37.3 Å². The van der Waals surface area contributed by atoms with Crippen molar-refractivity contribution in [3.05, 3.63) is 154 Å². The zero-order valence-corrected chi connectivity index (χ0v) is 37.1. The van der Waals surface area contributed by atoms with Gasteiger partial charge < -0.3 is 20.4 Å². The SMILES string of the molecule is C=C/C(=C\C=C(/C)c1ccc(-c2cnc([C@@H]3CCCN3C(=O)[C@@H](NC(=O)C3CC3)c3ccccc3)s2)cc1)c1cnc([C@@H]2CCCN2C(=O)[C@@H](NC(=O)C2CC2)c2ccccc2)s1. The van der Waals surface area contributed by atoms with Crippen LogP contribution in [0.4, 0.5) is 0 Å². The van der Waals surface area contributed by atoms with Gasteiger partial charge in [0.2, 0.25) is 23.6 Å². The topological polar surface area (TPSA) is 125 Å². The van der Waals surface area contributed by atoms with Gasteiger partial charge in [-0.25, -0.2) is 9.97 Å². The molecule has 4 aliphatic rings. The number of carbonyl (C=O) groups is 4. The first-order valence-corrected chi connectivity index (χ1v) is 23.7. The lowest BCUT2D eigenvalue weighted by Gasteiger charge is -2.28. The van der Waals surface area contributed by atoms with Crippen LogP contribution in [0.2, 0.25) is 0 Å². The minimum Gasteiger partial charge on any atom is -0.340 e. The summed E-state index contributed by atoms with van der Waals surface area (Å²) in [6.07, 6.45) is 16.7. The van der Waals surface area contributed by atoms with Crippen molar-refractivity contribution in [2.75, 3.05) is 13.1 Å². The number of amides is 4. The first kappa shape index (κ1) is 42.3. The van der Waals surface area contributed by atoms with E-state index in [1.807, 2.05) is 88.9 Å². The molecule has 2 N–H and O–H groups in total. The molecule has 0 radical (unpaired) electrons. The summed E-state index contributed by atoms with van der Waals surface area (Å²) in [6.45, 7) is 7.44. The van der Waals surface area contributed by atoms with Gasteiger partial charge in [-0.15, -0.1) is 22.7 Å². The Morgan fingerprint density at radius 1 is 0.667 bits per heavy atom. The summed E-state index contributed by atoms with van der Waals surface area (Å²) in [5, 5.41) is 7.91. The van der Waals surface area contributed by atoms with Gasteiger partial charge >= 0.3 is 0 Å². The molecule has 0 bridgehead atoms. The summed E-state index contributed by atoms with van der Waals surface area (Å²) in [5.74, 6) is -0.259. The van der Waals surface area contributed by atoms with Crippen molar-refractivity contribution in [1.29, 1.82) is 0 Å². The van der Waals surface area contributed by atoms with Gasteiger partial charge in [0.1, 0.15) is 22.1 Å². The van der Waals surface area contributed by atoms with Crippen molar-refractivity contribution in [1.82, 2.24) is 30.4 Å². The number of thiazole rings is 2. The molecule has 5 aromatic rings. The highest BCUT2D eigenvalue weighted by Gasteiger charge is 2.41. The second-order valence-corrected chi connectivity index (χ2v) is 19.1. The Hall–Kier alpha value is -5.98. The van der Waals surface area contributed by atoms with E-state index in [4.69, 9.17) is 9.97 Å². The van der Waals surface area contributed by atoms with Gasteiger partial charge in [-0.05, 0) is 91.7 Å². The number of allylic oxidation sites excluding steroid dienone is 5. The fraction of sp³-hybridized carbons (Fsp3) is 0.333. The quantitative estimate of drug-likeness (QED) is 0.101. The van der Waals surface area contributed by atoms with Crippen LogP contribution in [0, 0.1) is 11.8 Å². The van der Waals surface area contributed by atoms with Crippen LogP contribution in [0.15, 0.2) is 122 Å². The minimum atomic E-state index is -0.725. The third-order valence-electron chi connectivity index (χ3n) is 12.6. The number of nitrogens with zero attached hydrogens (tertiary/aromatic N) is 4. The van der Waals surface area contributed by atoms with Crippen LogP contribution in [0.5, 0.6) is 0 Å². The number of aromatic nitrogens is 2. The molecule has 0 unspecified atom stereocenters. The number of hydrogen-bond acceptors (Lipinski definition) is 8. The van der Waals surface area contributed by atoms with E-state index in [0.29, 0.717) is 13.1 Å². The van der Waals surface area contributed by atoms with E-state index in [9.17, 15) is 19.2 Å². The molecule has 63 heavy (non-hydrogen) atoms. The van der Waals surface area contributed by atoms with E-state index in [2.05, 4.69) is 60.6 Å². The van der Waals surface area contributed by atoms with Crippen LogP contribution in [-0.2, 0) is 19.2 Å². The van der Waals surface area contributed by atoms with Gasteiger partial charge in [-0.3, -0.25) is 19.2 Å². The number of carbonyl (C=O) groups excluding carboxylic acids is 4. The average molecular weight is 877 g/mol. The molecule has 322 valence electrons. The summed E-state index contributed by atoms with van der Waals surface area (Å²) in [6, 6.07) is 25.8. The van der Waals surface area contributed by atoms with E-state index < -0.39 is 12.1 Å². The Labute approximate surface area is 376 Å². The zero-order chi connectivity index (χ0) is 43.5. The van der Waals surface area contributed by atoms with Gasteiger partial charge in [0.25, 0.3) is 0 Å². The lowest BCUT2D eigenvalue weighted by Crippen LogP contribution is -2.43. The molecular weight excluding hydrogens is 825 g/mol. The third-order valence-corrected chi connectivity index (χ3v) is 14.9. The molecule has 4 fully saturated rings. The van der Waals surface area contributed by atoms with E-state index >= 15 is 0 Å². The molecule has 4 heterocycles. The molecule has 2 saturated carbocycles. The Balaban J connectivity index is 0.858. The van der Waals surface area contributed by atoms with Gasteiger partial charge in [-0.2, -0.15) is 0 Å². The van der Waals surface area contributed by atoms with Crippen molar-refractivity contribution < 1.29 is 19.2 Å². The lowest BCUT2D eigenvalue weighted by molar-refractivity contribution is -0.138. The van der Waals surface area contributed by atoms with Gasteiger partial charge in [0.05, 0.1) is 21.8 Å². The maximum absolute atomic E-state index is 14.1. The van der Waals surface area contributed by atoms with Crippen molar-refractivity contribution in [3.8, 4) is 10.4 Å². The van der Waals surface area contributed by atoms with Crippen LogP contribution in [0.3, 0.4) is 0 Å². The minimum absolute atomic E-state index is 0.00197. The second-order valence-electron chi connectivity index (χ2n) is 17.0. The molecule has 2 aliphatic heterocycles. The van der Waals surface area contributed by atoms with E-state index in [1.54, 1.807) is 22.7 Å². The summed E-state index contributed by atoms with van der Waals surface area (Å²) in [5.41, 5.74) is 5.77. The zero-order valence-electron chi connectivity index (χ0n) is 35.5. The molecule has 4 atom stereocenters. The molecule has 9 rings (SSSR count). The first-order chi connectivity index (χ1) is 30.7. The van der Waals surface area contributed by atoms with E-state index in [-0.39, 0.29) is 47.5 Å². The second kappa shape index (κ2) is 18.8. The molecular formula is C51H52N6O4S2. The highest BCUT2D eigenvalue weighted by atomic mass is 32.1. The van der Waals surface area contributed by atoms with Crippen molar-refractivity contribution in [3.63, 3.8) is 0 Å². The smallest absolute Gasteiger partial charge is 0.250 e. The van der Waals surface area contributed by atoms with Gasteiger partial charge in [0.15, 0.2) is 0 Å². The van der Waals surface area contributed by atoms with Crippen LogP contribution in [0.1, 0.15) is 114 Å². The Morgan fingerprint density at radius 2 is 1.17 bits per heavy atom. The molecule has 2 saturated heterocycles. The molecule has 0 spiro atoms. The van der Waals surface area contributed by atoms with Crippen LogP contribution in [-0.4, -0.2) is 56.5 Å². The van der Waals surface area contributed by atoms with Gasteiger partial charge in [-0.1, -0.05) is 110 Å². The molecule has 12 heteroatoms. The van der Waals surface area contributed by atoms with E-state index in [0.717, 1.165) is 105 Å². The fourth-order valence-electron chi connectivity index (χ4n) is 8.59. The largest absolute Gasteiger partial charge is 0.340 e. The predicted octanol–water partition coefficient (Wildman–Crippen LogP) is 9.80. The molecule has 3 aromatic carbocycles. The molecule has 4 amide bonds. The fourth-order valence-corrected chi connectivity index (χ4v) is 10.8. The third kappa shape index (κ3) is 9.52. The monoisotopic (exact) mass is 876 g/mol. The van der Waals surface area contributed by atoms with Crippen molar-refractivity contribution >= 4 is 57.4 Å². The summed E-state index contributed by atoms with van der Waals surface area (Å²) in [7, 11) is 0. The Morgan fingerprint density at radius 3 is 1.68 bits per heavy atom. The van der Waals surface area contributed by atoms with Crippen LogP contribution in [0.25, 0.3) is 21.6 Å². The Bertz CT molecular complexity index is 2540. The first-order valence-electron chi connectivity index (χ1n) is 22.1. The number of likely N-dealkylation sites (tertiary alicyclic amines) is 2. The summed E-state index contributed by atoms with van der Waals surface area (Å²) < 4.78 is 0. The highest BCUT2D eigenvalue weighted by molar-refractivity contribution is 7.15. The number of nitrogens with one attached hydrogen (secondary N) is 2. The standard InChI is InChI=1S/C51H52N6O4S2/c1-3-33(42-30-52-48(62-42)40-16-10-28-56(40)50(60)44(36-12-6-4-7-13-36)54-46(58)38-24-25-38)19-18-32(2)34-20-22-35(23-21-34)43-31-53-49(63-43)41-17-11-29-57(41)51(61)45(37-14-8-5-9-15-37)55-47(59)39-26-27-39/h3-9,12-15,18-23,30-31,38-41,44-45H,1,10-11,16-17,24-29H2,2H3,(H,54,58)(H,55,59)/b32-18+,33-19+/t40-,41-,44-,45-/m0/s1. The van der Waals surface area contributed by atoms with Crippen LogP contribution >= 0.6 is 22.7 Å². The highest BCUT2D eigenvalue weighted by Crippen LogP contribution is 2.41. The molecule has 2 aliphatic carbocycles. The number of benzene rings is 3. The summed E-state index contributed by atoms with van der Waals surface area (Å²) in [4.78, 5) is 69.5. The van der Waals surface area contributed by atoms with Crippen LogP contribution < -0.4 is 10.6 Å². The predicted molar refractivity (Wildman–Crippen MR) is 249 cm³/mol.